The van der Waals surface area contributed by atoms with E-state index in [1.807, 2.05) is 0 Å². The zero-order valence-electron chi connectivity index (χ0n) is 63.5. The molecule has 576 valence electrons. The molecule has 3 N–H and O–H groups in total. The van der Waals surface area contributed by atoms with Crippen LogP contribution in [0.2, 0.25) is 0 Å². The number of carbonyl (C=O) groups is 4. The molecule has 4 unspecified atom stereocenters. The molecule has 0 heterocycles. The van der Waals surface area contributed by atoms with E-state index in [0.717, 1.165) is 120 Å². The SMILES string of the molecule is CCCCCCCCCC(=O)OC[C@H](COP(=O)(O)OC[C@H](O)COP(=O)(O)OC[C@@H](COC(=O)CCCCCCCCCCCCCCCC(C)C)OC(=O)CCCCCCCCCCCCCCCCCCCCC(C)CC)OC(=O)CCCCCCCCCCC(C)CC. The number of phosphoric ester groups is 2. The second-order valence-corrected chi connectivity index (χ2v) is 32.0. The minimum absolute atomic E-state index is 0.105. The van der Waals surface area contributed by atoms with Crippen molar-refractivity contribution in [3.8, 4) is 0 Å². The standard InChI is InChI=1S/C78H152O17P2/c1-8-11-12-13-35-45-52-59-75(80)88-65-73(95-78(83)62-55-48-41-34-33-38-44-51-58-71(7)10-3)67-92-96(84,85)90-63-72(79)64-91-97(86,87)93-68-74(66-89-76(81)60-53-46-39-31-27-24-20-21-25-29-36-42-49-56-69(4)5)94-77(82)61-54-47-40-32-28-23-19-17-15-14-16-18-22-26-30-37-43-50-57-70(6)9-2/h69-74,79H,8-68H2,1-7H3,(H,84,85)(H,86,87)/t70?,71?,72-,73+,74+/m0/s1. The van der Waals surface area contributed by atoms with Crippen molar-refractivity contribution in [2.75, 3.05) is 39.6 Å². The van der Waals surface area contributed by atoms with Crippen LogP contribution >= 0.6 is 15.6 Å². The number of esters is 4. The van der Waals surface area contributed by atoms with Crippen molar-refractivity contribution < 1.29 is 80.2 Å². The molecule has 0 radical (unpaired) electrons. The molecular weight excluding hydrogens is 1270 g/mol. The highest BCUT2D eigenvalue weighted by atomic mass is 31.2. The summed E-state index contributed by atoms with van der Waals surface area (Å²) in [6.45, 7) is 11.9. The smallest absolute Gasteiger partial charge is 0.462 e. The Hall–Kier alpha value is -1.94. The van der Waals surface area contributed by atoms with Crippen LogP contribution in [0.5, 0.6) is 0 Å². The molecule has 0 spiro atoms. The van der Waals surface area contributed by atoms with Gasteiger partial charge in [-0.25, -0.2) is 9.13 Å². The number of ether oxygens (including phenoxy) is 4. The zero-order chi connectivity index (χ0) is 71.6. The molecule has 19 heteroatoms. The molecule has 0 aliphatic rings. The van der Waals surface area contributed by atoms with E-state index >= 15 is 0 Å². The van der Waals surface area contributed by atoms with Gasteiger partial charge in [-0.1, -0.05) is 350 Å². The first-order chi connectivity index (χ1) is 46.8. The van der Waals surface area contributed by atoms with Crippen LogP contribution in [-0.2, 0) is 65.4 Å². The summed E-state index contributed by atoms with van der Waals surface area (Å²) in [5, 5.41) is 10.6. The number of hydrogen-bond donors (Lipinski definition) is 3. The van der Waals surface area contributed by atoms with Crippen LogP contribution in [0.25, 0.3) is 0 Å². The molecule has 0 amide bonds. The molecule has 17 nitrogen and oxygen atoms in total. The fourth-order valence-corrected chi connectivity index (χ4v) is 13.5. The Bertz CT molecular complexity index is 1890. The number of aliphatic hydroxyl groups excluding tert-OH is 1. The lowest BCUT2D eigenvalue weighted by Crippen LogP contribution is -2.30. The summed E-state index contributed by atoms with van der Waals surface area (Å²) in [5.41, 5.74) is 0. The molecule has 7 atom stereocenters. The molecular formula is C78H152O17P2. The monoisotopic (exact) mass is 1420 g/mol. The van der Waals surface area contributed by atoms with Crippen LogP contribution in [0.3, 0.4) is 0 Å². The normalized spacial score (nSPS) is 14.6. The Morgan fingerprint density at radius 1 is 0.299 bits per heavy atom. The minimum Gasteiger partial charge on any atom is -0.462 e. The first-order valence-corrected chi connectivity index (χ1v) is 43.4. The van der Waals surface area contributed by atoms with Gasteiger partial charge in [-0.3, -0.25) is 37.3 Å². The number of rotatable bonds is 76. The molecule has 97 heavy (non-hydrogen) atoms. The van der Waals surface area contributed by atoms with Gasteiger partial charge in [0.25, 0.3) is 0 Å². The largest absolute Gasteiger partial charge is 0.472 e. The molecule has 0 aromatic heterocycles. The van der Waals surface area contributed by atoms with Gasteiger partial charge < -0.3 is 33.8 Å². The molecule has 0 aliphatic carbocycles. The molecule has 0 aliphatic heterocycles. The van der Waals surface area contributed by atoms with Gasteiger partial charge in [0.15, 0.2) is 12.2 Å². The molecule has 0 aromatic rings. The molecule has 0 fully saturated rings. The third kappa shape index (κ3) is 69.5. The van der Waals surface area contributed by atoms with Gasteiger partial charge in [-0.2, -0.15) is 0 Å². The predicted octanol–water partition coefficient (Wildman–Crippen LogP) is 23.0. The van der Waals surface area contributed by atoms with Crippen molar-refractivity contribution in [2.24, 2.45) is 17.8 Å². The maximum atomic E-state index is 13.1. The second-order valence-electron chi connectivity index (χ2n) is 29.1. The minimum atomic E-state index is -4.96. The fourth-order valence-electron chi connectivity index (χ4n) is 11.9. The van der Waals surface area contributed by atoms with E-state index in [-0.39, 0.29) is 25.7 Å². The van der Waals surface area contributed by atoms with Gasteiger partial charge in [0.05, 0.1) is 26.4 Å². The Kier molecular flexibility index (Phi) is 67.1. The summed E-state index contributed by atoms with van der Waals surface area (Å²) in [6, 6.07) is 0. The molecule has 0 saturated heterocycles. The summed E-state index contributed by atoms with van der Waals surface area (Å²) < 4.78 is 68.5. The third-order valence-corrected chi connectivity index (χ3v) is 20.8. The lowest BCUT2D eigenvalue weighted by molar-refractivity contribution is -0.161. The van der Waals surface area contributed by atoms with E-state index in [9.17, 15) is 43.2 Å². The number of aliphatic hydroxyl groups is 1. The van der Waals surface area contributed by atoms with Gasteiger partial charge >= 0.3 is 39.5 Å². The molecule has 0 bridgehead atoms. The quantitative estimate of drug-likeness (QED) is 0.0222. The third-order valence-electron chi connectivity index (χ3n) is 18.9. The summed E-state index contributed by atoms with van der Waals surface area (Å²) in [6.07, 6.45) is 55.6. The van der Waals surface area contributed by atoms with Crippen LogP contribution in [-0.4, -0.2) is 96.7 Å². The molecule has 0 rings (SSSR count). The number of carbonyl (C=O) groups excluding carboxylic acids is 4. The molecule has 0 saturated carbocycles. The zero-order valence-corrected chi connectivity index (χ0v) is 65.3. The van der Waals surface area contributed by atoms with Crippen molar-refractivity contribution in [1.82, 2.24) is 0 Å². The Balaban J connectivity index is 5.17. The van der Waals surface area contributed by atoms with Gasteiger partial charge in [-0.15, -0.1) is 0 Å². The van der Waals surface area contributed by atoms with E-state index in [4.69, 9.17) is 37.0 Å². The second kappa shape index (κ2) is 68.5. The van der Waals surface area contributed by atoms with Crippen LogP contribution in [0.15, 0.2) is 0 Å². The summed E-state index contributed by atoms with van der Waals surface area (Å²) in [4.78, 5) is 72.7. The Morgan fingerprint density at radius 3 is 0.784 bits per heavy atom. The van der Waals surface area contributed by atoms with Gasteiger partial charge in [-0.05, 0) is 43.4 Å². The first-order valence-electron chi connectivity index (χ1n) is 40.4. The Labute approximate surface area is 594 Å². The molecule has 0 aromatic carbocycles. The predicted molar refractivity (Wildman–Crippen MR) is 395 cm³/mol. The van der Waals surface area contributed by atoms with Gasteiger partial charge in [0.1, 0.15) is 19.3 Å². The summed E-state index contributed by atoms with van der Waals surface area (Å²) >= 11 is 0. The number of hydrogen-bond acceptors (Lipinski definition) is 15. The first kappa shape index (κ1) is 95.1. The highest BCUT2D eigenvalue weighted by molar-refractivity contribution is 7.47. The van der Waals surface area contributed by atoms with E-state index in [1.165, 1.54) is 199 Å². The Morgan fingerprint density at radius 2 is 0.526 bits per heavy atom. The average Bonchev–Trinajstić information content (AvgIpc) is 0.979. The van der Waals surface area contributed by atoms with Crippen molar-refractivity contribution >= 4 is 39.5 Å². The highest BCUT2D eigenvalue weighted by Gasteiger charge is 2.30. The maximum absolute atomic E-state index is 13.1. The lowest BCUT2D eigenvalue weighted by Gasteiger charge is -2.21. The van der Waals surface area contributed by atoms with Crippen molar-refractivity contribution in [1.29, 1.82) is 0 Å². The summed E-state index contributed by atoms with van der Waals surface area (Å²) in [7, 11) is -9.91. The van der Waals surface area contributed by atoms with Crippen molar-refractivity contribution in [3.05, 3.63) is 0 Å². The number of phosphoric acid groups is 2. The topological polar surface area (TPSA) is 237 Å². The van der Waals surface area contributed by atoms with Crippen LogP contribution < -0.4 is 0 Å². The fraction of sp³-hybridized carbons (Fsp3) is 0.949. The van der Waals surface area contributed by atoms with E-state index < -0.39 is 97.5 Å². The average molecular weight is 1420 g/mol. The van der Waals surface area contributed by atoms with E-state index in [2.05, 4.69) is 48.5 Å². The van der Waals surface area contributed by atoms with Gasteiger partial charge in [0.2, 0.25) is 0 Å². The van der Waals surface area contributed by atoms with Gasteiger partial charge in [0, 0.05) is 25.7 Å². The highest BCUT2D eigenvalue weighted by Crippen LogP contribution is 2.45. The van der Waals surface area contributed by atoms with E-state index in [1.54, 1.807) is 0 Å². The number of unbranched alkanes of at least 4 members (excludes halogenated alkanes) is 42. The van der Waals surface area contributed by atoms with Crippen LogP contribution in [0.4, 0.5) is 0 Å². The maximum Gasteiger partial charge on any atom is 0.472 e. The lowest BCUT2D eigenvalue weighted by atomic mass is 9.99. The summed E-state index contributed by atoms with van der Waals surface area (Å²) in [5.74, 6) is 0.310. The van der Waals surface area contributed by atoms with Crippen molar-refractivity contribution in [2.45, 2.75) is 420 Å². The van der Waals surface area contributed by atoms with E-state index in [0.29, 0.717) is 25.7 Å². The van der Waals surface area contributed by atoms with Crippen LogP contribution in [0, 0.1) is 17.8 Å². The van der Waals surface area contributed by atoms with Crippen LogP contribution in [0.1, 0.15) is 402 Å². The van der Waals surface area contributed by atoms with Crippen molar-refractivity contribution in [3.63, 3.8) is 0 Å².